The molecule has 0 amide bonds. The van der Waals surface area contributed by atoms with Gasteiger partial charge in [0.05, 0.1) is 0 Å². The molecule has 17 heavy (non-hydrogen) atoms. The quantitative estimate of drug-likeness (QED) is 0.855. The Kier molecular flexibility index (Phi) is 3.92. The third kappa shape index (κ3) is 2.73. The molecule has 1 N–H and O–H groups in total. The van der Waals surface area contributed by atoms with E-state index >= 15 is 0 Å². The van der Waals surface area contributed by atoms with E-state index in [1.165, 1.54) is 6.07 Å². The summed E-state index contributed by atoms with van der Waals surface area (Å²) in [5, 5.41) is 7.43. The Morgan fingerprint density at radius 2 is 2.18 bits per heavy atom. The minimum atomic E-state index is -0.182. The molecule has 3 heteroatoms. The molecule has 2 rings (SSSR count). The zero-order chi connectivity index (χ0) is 12.3. The van der Waals surface area contributed by atoms with Gasteiger partial charge in [-0.2, -0.15) is 11.3 Å². The van der Waals surface area contributed by atoms with Crippen molar-refractivity contribution in [3.8, 4) is 11.1 Å². The predicted molar refractivity (Wildman–Crippen MR) is 71.8 cm³/mol. The largest absolute Gasteiger partial charge is 0.310 e. The van der Waals surface area contributed by atoms with Crippen LogP contribution in [0.2, 0.25) is 0 Å². The molecule has 1 heterocycles. The van der Waals surface area contributed by atoms with Gasteiger partial charge in [-0.15, -0.1) is 0 Å². The van der Waals surface area contributed by atoms with E-state index in [9.17, 15) is 4.39 Å². The molecule has 0 saturated heterocycles. The summed E-state index contributed by atoms with van der Waals surface area (Å²) in [6.45, 7) is 5.08. The summed E-state index contributed by atoms with van der Waals surface area (Å²) in [6.07, 6.45) is 0. The van der Waals surface area contributed by atoms with Gasteiger partial charge in [0.2, 0.25) is 0 Å². The Bertz CT molecular complexity index is 479. The summed E-state index contributed by atoms with van der Waals surface area (Å²) < 4.78 is 13.4. The third-order valence-electron chi connectivity index (χ3n) is 2.82. The number of halogens is 1. The molecule has 1 atom stereocenters. The summed E-state index contributed by atoms with van der Waals surface area (Å²) in [5.74, 6) is -0.182. The molecule has 0 saturated carbocycles. The highest BCUT2D eigenvalue weighted by Gasteiger charge is 2.12. The van der Waals surface area contributed by atoms with Crippen LogP contribution in [-0.2, 0) is 0 Å². The van der Waals surface area contributed by atoms with E-state index in [1.54, 1.807) is 17.4 Å². The average molecular weight is 249 g/mol. The van der Waals surface area contributed by atoms with Gasteiger partial charge in [-0.1, -0.05) is 13.0 Å². The lowest BCUT2D eigenvalue weighted by atomic mass is 9.97. The Morgan fingerprint density at radius 1 is 1.35 bits per heavy atom. The number of benzene rings is 1. The molecule has 0 radical (unpaired) electrons. The average Bonchev–Trinajstić information content (AvgIpc) is 2.82. The van der Waals surface area contributed by atoms with Crippen molar-refractivity contribution >= 4 is 11.3 Å². The van der Waals surface area contributed by atoms with Gasteiger partial charge in [-0.25, -0.2) is 4.39 Å². The van der Waals surface area contributed by atoms with Crippen LogP contribution in [0.3, 0.4) is 0 Å². The predicted octanol–water partition coefficient (Wildman–Crippen LogP) is 4.22. The smallest absolute Gasteiger partial charge is 0.123 e. The maximum Gasteiger partial charge on any atom is 0.123 e. The SMILES string of the molecule is CCNC(C)c1ccc(F)cc1-c1ccsc1. The van der Waals surface area contributed by atoms with Crippen LogP contribution in [-0.4, -0.2) is 6.54 Å². The summed E-state index contributed by atoms with van der Waals surface area (Å²) in [6, 6.07) is 7.28. The van der Waals surface area contributed by atoms with Gasteiger partial charge in [0.1, 0.15) is 5.82 Å². The van der Waals surface area contributed by atoms with Crippen molar-refractivity contribution in [2.24, 2.45) is 0 Å². The first-order valence-corrected chi connectivity index (χ1v) is 6.72. The van der Waals surface area contributed by atoms with E-state index in [0.717, 1.165) is 23.2 Å². The maximum atomic E-state index is 13.4. The number of hydrogen-bond donors (Lipinski definition) is 1. The lowest BCUT2D eigenvalue weighted by Crippen LogP contribution is -2.18. The van der Waals surface area contributed by atoms with Crippen LogP contribution in [0.4, 0.5) is 4.39 Å². The highest BCUT2D eigenvalue weighted by atomic mass is 32.1. The number of hydrogen-bond acceptors (Lipinski definition) is 2. The van der Waals surface area contributed by atoms with Gasteiger partial charge in [-0.05, 0) is 59.1 Å². The standard InChI is InChI=1S/C14H16FNS/c1-3-16-10(2)13-5-4-12(15)8-14(13)11-6-7-17-9-11/h4-10,16H,3H2,1-2H3. The van der Waals surface area contributed by atoms with Gasteiger partial charge >= 0.3 is 0 Å². The van der Waals surface area contributed by atoms with Gasteiger partial charge < -0.3 is 5.32 Å². The molecule has 0 bridgehead atoms. The fourth-order valence-electron chi connectivity index (χ4n) is 1.99. The molecule has 0 aliphatic rings. The number of thiophene rings is 1. The van der Waals surface area contributed by atoms with Crippen LogP contribution in [0.25, 0.3) is 11.1 Å². The van der Waals surface area contributed by atoms with E-state index in [-0.39, 0.29) is 11.9 Å². The summed E-state index contributed by atoms with van der Waals surface area (Å²) >= 11 is 1.63. The first kappa shape index (κ1) is 12.3. The normalized spacial score (nSPS) is 12.6. The van der Waals surface area contributed by atoms with Crippen LogP contribution in [0.15, 0.2) is 35.0 Å². The van der Waals surface area contributed by atoms with Crippen molar-refractivity contribution in [1.82, 2.24) is 5.32 Å². The van der Waals surface area contributed by atoms with Gasteiger partial charge in [0, 0.05) is 6.04 Å². The second-order valence-corrected chi connectivity index (χ2v) is 4.80. The van der Waals surface area contributed by atoms with Crippen molar-refractivity contribution in [3.63, 3.8) is 0 Å². The Labute approximate surface area is 105 Å². The third-order valence-corrected chi connectivity index (χ3v) is 3.51. The Hall–Kier alpha value is -1.19. The molecule has 90 valence electrons. The lowest BCUT2D eigenvalue weighted by molar-refractivity contribution is 0.593. The molecule has 0 fully saturated rings. The maximum absolute atomic E-state index is 13.4. The van der Waals surface area contributed by atoms with Crippen LogP contribution in [0, 0.1) is 5.82 Å². The second-order valence-electron chi connectivity index (χ2n) is 4.02. The van der Waals surface area contributed by atoms with Crippen LogP contribution >= 0.6 is 11.3 Å². The van der Waals surface area contributed by atoms with Crippen molar-refractivity contribution in [2.45, 2.75) is 19.9 Å². The monoisotopic (exact) mass is 249 g/mol. The molecular weight excluding hydrogens is 233 g/mol. The van der Waals surface area contributed by atoms with Gasteiger partial charge in [-0.3, -0.25) is 0 Å². The fourth-order valence-corrected chi connectivity index (χ4v) is 2.65. The van der Waals surface area contributed by atoms with Crippen LogP contribution in [0.1, 0.15) is 25.5 Å². The molecule has 1 aromatic carbocycles. The molecule has 0 spiro atoms. The summed E-state index contributed by atoms with van der Waals surface area (Å²) in [4.78, 5) is 0. The molecular formula is C14H16FNS. The van der Waals surface area contributed by atoms with E-state index in [2.05, 4.69) is 24.5 Å². The first-order chi connectivity index (χ1) is 8.22. The molecule has 0 aliphatic carbocycles. The van der Waals surface area contributed by atoms with Crippen LogP contribution in [0.5, 0.6) is 0 Å². The number of rotatable bonds is 4. The van der Waals surface area contributed by atoms with Crippen LogP contribution < -0.4 is 5.32 Å². The van der Waals surface area contributed by atoms with Crippen molar-refractivity contribution in [2.75, 3.05) is 6.54 Å². The van der Waals surface area contributed by atoms with Crippen molar-refractivity contribution in [3.05, 3.63) is 46.4 Å². The zero-order valence-corrected chi connectivity index (χ0v) is 10.9. The fraction of sp³-hybridized carbons (Fsp3) is 0.286. The minimum absolute atomic E-state index is 0.182. The lowest BCUT2D eigenvalue weighted by Gasteiger charge is -2.16. The topological polar surface area (TPSA) is 12.0 Å². The second kappa shape index (κ2) is 5.43. The highest BCUT2D eigenvalue weighted by Crippen LogP contribution is 2.30. The molecule has 2 aromatic rings. The Morgan fingerprint density at radius 3 is 2.82 bits per heavy atom. The van der Waals surface area contributed by atoms with E-state index in [4.69, 9.17) is 0 Å². The first-order valence-electron chi connectivity index (χ1n) is 5.77. The molecule has 1 aromatic heterocycles. The summed E-state index contributed by atoms with van der Waals surface area (Å²) in [5.41, 5.74) is 3.22. The zero-order valence-electron chi connectivity index (χ0n) is 10.0. The van der Waals surface area contributed by atoms with E-state index < -0.39 is 0 Å². The van der Waals surface area contributed by atoms with Crippen molar-refractivity contribution < 1.29 is 4.39 Å². The van der Waals surface area contributed by atoms with E-state index in [1.807, 2.05) is 17.5 Å². The summed E-state index contributed by atoms with van der Waals surface area (Å²) in [7, 11) is 0. The Balaban J connectivity index is 2.45. The van der Waals surface area contributed by atoms with Gasteiger partial charge in [0.25, 0.3) is 0 Å². The van der Waals surface area contributed by atoms with Gasteiger partial charge in [0.15, 0.2) is 0 Å². The number of nitrogens with one attached hydrogen (secondary N) is 1. The molecule has 0 aliphatic heterocycles. The minimum Gasteiger partial charge on any atom is -0.310 e. The van der Waals surface area contributed by atoms with Crippen molar-refractivity contribution in [1.29, 1.82) is 0 Å². The van der Waals surface area contributed by atoms with E-state index in [0.29, 0.717) is 0 Å². The molecule has 1 nitrogen and oxygen atoms in total. The highest BCUT2D eigenvalue weighted by molar-refractivity contribution is 7.08. The molecule has 1 unspecified atom stereocenters.